The van der Waals surface area contributed by atoms with Gasteiger partial charge in [0.1, 0.15) is 11.4 Å². The van der Waals surface area contributed by atoms with Gasteiger partial charge in [-0.1, -0.05) is 46.5 Å². The summed E-state index contributed by atoms with van der Waals surface area (Å²) in [5.41, 5.74) is 0.805. The summed E-state index contributed by atoms with van der Waals surface area (Å²) >= 11 is 0. The van der Waals surface area contributed by atoms with Crippen molar-refractivity contribution in [2.45, 2.75) is 90.6 Å². The number of halogens is 1. The van der Waals surface area contributed by atoms with Crippen LogP contribution in [0.3, 0.4) is 0 Å². The van der Waals surface area contributed by atoms with Gasteiger partial charge < -0.3 is 20.3 Å². The second-order valence-electron chi connectivity index (χ2n) is 8.79. The van der Waals surface area contributed by atoms with Crippen LogP contribution < -0.4 is 16.1 Å². The highest BCUT2D eigenvalue weighted by molar-refractivity contribution is 5.97. The predicted molar refractivity (Wildman–Crippen MR) is 134 cm³/mol. The highest BCUT2D eigenvalue weighted by Gasteiger charge is 2.21. The third-order valence-electron chi connectivity index (χ3n) is 6.48. The lowest BCUT2D eigenvalue weighted by atomic mass is 9.95. The molecule has 1 aliphatic carbocycles. The van der Waals surface area contributed by atoms with Crippen LogP contribution in [0, 0.1) is 5.82 Å². The molecule has 1 aromatic heterocycles. The van der Waals surface area contributed by atoms with Gasteiger partial charge in [0, 0.05) is 30.2 Å². The summed E-state index contributed by atoms with van der Waals surface area (Å²) in [6.07, 6.45) is 10.8. The second-order valence-corrected chi connectivity index (χ2v) is 8.79. The van der Waals surface area contributed by atoms with Crippen molar-refractivity contribution in [2.75, 3.05) is 11.9 Å². The molecular weight excluding hydrogens is 437 g/mol. The number of carboxylic acid groups (broad SMARTS) is 1. The first-order chi connectivity index (χ1) is 16.4. The Labute approximate surface area is 200 Å². The lowest BCUT2D eigenvalue weighted by Gasteiger charge is -2.25. The number of amides is 1. The minimum Gasteiger partial charge on any atom is -0.483 e. The molecule has 0 unspecified atom stereocenters. The lowest BCUT2D eigenvalue weighted by Crippen LogP contribution is -2.31. The number of anilines is 1. The topological polar surface area (TPSA) is 100 Å². The number of rotatable bonds is 9. The number of nitrogens with one attached hydrogen (secondary N) is 2. The molecule has 3 rings (SSSR count). The molecule has 2 aromatic rings. The van der Waals surface area contributed by atoms with Crippen molar-refractivity contribution in [3.8, 4) is 0 Å². The SMILES string of the molecule is CCCCNC(=O)c1cn(C(CC)CC)c2cc(NC3CCCCC3)c(F)cc2c1=O.O=CO. The van der Waals surface area contributed by atoms with E-state index in [1.54, 1.807) is 12.3 Å². The number of carbonyl (C=O) groups excluding carboxylic acids is 1. The average Bonchev–Trinajstić information content (AvgIpc) is 2.83. The highest BCUT2D eigenvalue weighted by Crippen LogP contribution is 2.29. The molecule has 1 saturated carbocycles. The monoisotopic (exact) mass is 475 g/mol. The van der Waals surface area contributed by atoms with E-state index in [9.17, 15) is 9.59 Å². The number of unbranched alkanes of at least 4 members (excludes halogenated alkanes) is 1. The van der Waals surface area contributed by atoms with Gasteiger partial charge in [-0.15, -0.1) is 0 Å². The number of aromatic nitrogens is 1. The van der Waals surface area contributed by atoms with Gasteiger partial charge in [0.15, 0.2) is 0 Å². The van der Waals surface area contributed by atoms with E-state index >= 15 is 4.39 Å². The van der Waals surface area contributed by atoms with Gasteiger partial charge in [0.25, 0.3) is 12.4 Å². The van der Waals surface area contributed by atoms with Crippen molar-refractivity contribution in [2.24, 2.45) is 0 Å². The Morgan fingerprint density at radius 1 is 1.21 bits per heavy atom. The third-order valence-corrected chi connectivity index (χ3v) is 6.48. The molecule has 0 radical (unpaired) electrons. The number of hydrogen-bond donors (Lipinski definition) is 3. The maximum Gasteiger partial charge on any atom is 0.290 e. The zero-order valence-electron chi connectivity index (χ0n) is 20.5. The van der Waals surface area contributed by atoms with Crippen LogP contribution in [0.25, 0.3) is 10.9 Å². The Kier molecular flexibility index (Phi) is 11.0. The number of hydrogen-bond acceptors (Lipinski definition) is 4. The van der Waals surface area contributed by atoms with Gasteiger partial charge in [-0.3, -0.25) is 14.4 Å². The molecule has 0 saturated heterocycles. The molecular formula is C26H38FN3O4. The summed E-state index contributed by atoms with van der Waals surface area (Å²) in [5, 5.41) is 13.3. The van der Waals surface area contributed by atoms with E-state index in [0.717, 1.165) is 51.4 Å². The first-order valence-corrected chi connectivity index (χ1v) is 12.4. The summed E-state index contributed by atoms with van der Waals surface area (Å²) in [7, 11) is 0. The van der Waals surface area contributed by atoms with Crippen molar-refractivity contribution < 1.29 is 19.1 Å². The standard InChI is InChI=1S/C25H36FN3O2.CH2O2/c1-4-7-13-27-25(31)20-16-29(18(5-2)6-3)23-15-22(21(26)14-19(23)24(20)30)28-17-11-9-8-10-12-17;2-1-3/h14-18,28H,4-13H2,1-3H3,(H,27,31);1H,(H,2,3). The minimum atomic E-state index is -0.435. The van der Waals surface area contributed by atoms with E-state index in [1.165, 1.54) is 12.5 Å². The molecule has 0 atom stereocenters. The van der Waals surface area contributed by atoms with Crippen molar-refractivity contribution in [1.82, 2.24) is 9.88 Å². The summed E-state index contributed by atoms with van der Waals surface area (Å²) in [4.78, 5) is 34.2. The molecule has 3 N–H and O–H groups in total. The van der Waals surface area contributed by atoms with Crippen LogP contribution in [0.15, 0.2) is 23.1 Å². The van der Waals surface area contributed by atoms with Gasteiger partial charge in [-0.2, -0.15) is 0 Å². The minimum absolute atomic E-state index is 0.0860. The molecule has 34 heavy (non-hydrogen) atoms. The first kappa shape index (κ1) is 27.3. The van der Waals surface area contributed by atoms with Gasteiger partial charge >= 0.3 is 0 Å². The Morgan fingerprint density at radius 2 is 1.85 bits per heavy atom. The van der Waals surface area contributed by atoms with E-state index in [4.69, 9.17) is 9.90 Å². The van der Waals surface area contributed by atoms with E-state index in [1.807, 2.05) is 11.5 Å². The van der Waals surface area contributed by atoms with Crippen molar-refractivity contribution >= 4 is 29.0 Å². The van der Waals surface area contributed by atoms with Crippen LogP contribution in [-0.2, 0) is 4.79 Å². The summed E-state index contributed by atoms with van der Waals surface area (Å²) in [6, 6.07) is 3.46. The van der Waals surface area contributed by atoms with E-state index in [0.29, 0.717) is 17.7 Å². The van der Waals surface area contributed by atoms with Crippen LogP contribution in [0.4, 0.5) is 10.1 Å². The third kappa shape index (κ3) is 6.81. The van der Waals surface area contributed by atoms with E-state index in [2.05, 4.69) is 24.5 Å². The maximum absolute atomic E-state index is 15.0. The smallest absolute Gasteiger partial charge is 0.290 e. The van der Waals surface area contributed by atoms with Gasteiger partial charge in [0.2, 0.25) is 5.43 Å². The number of benzene rings is 1. The van der Waals surface area contributed by atoms with E-state index < -0.39 is 11.2 Å². The Hall–Kier alpha value is -2.90. The van der Waals surface area contributed by atoms with Crippen LogP contribution in [0.1, 0.15) is 95.0 Å². The maximum atomic E-state index is 15.0. The van der Waals surface area contributed by atoms with Crippen LogP contribution in [0.5, 0.6) is 0 Å². The van der Waals surface area contributed by atoms with Gasteiger partial charge in [-0.05, 0) is 44.2 Å². The number of pyridine rings is 1. The molecule has 0 aliphatic heterocycles. The highest BCUT2D eigenvalue weighted by atomic mass is 19.1. The molecule has 0 spiro atoms. The van der Waals surface area contributed by atoms with Crippen LogP contribution in [-0.4, -0.2) is 34.6 Å². The van der Waals surface area contributed by atoms with Gasteiger partial charge in [0.05, 0.1) is 11.2 Å². The summed E-state index contributed by atoms with van der Waals surface area (Å²) < 4.78 is 17.0. The van der Waals surface area contributed by atoms with Crippen molar-refractivity contribution in [3.05, 3.63) is 39.9 Å². The fraction of sp³-hybridized carbons (Fsp3) is 0.577. The Balaban J connectivity index is 0.00000129. The van der Waals surface area contributed by atoms with Gasteiger partial charge in [-0.25, -0.2) is 4.39 Å². The molecule has 1 aliphatic rings. The molecule has 0 bridgehead atoms. The predicted octanol–water partition coefficient (Wildman–Crippen LogP) is 5.48. The quantitative estimate of drug-likeness (QED) is 0.329. The molecule has 1 amide bonds. The fourth-order valence-electron chi connectivity index (χ4n) is 4.57. The summed E-state index contributed by atoms with van der Waals surface area (Å²) in [6.45, 7) is 6.49. The molecule has 1 heterocycles. The fourth-order valence-corrected chi connectivity index (χ4v) is 4.57. The molecule has 188 valence electrons. The average molecular weight is 476 g/mol. The molecule has 1 fully saturated rings. The first-order valence-electron chi connectivity index (χ1n) is 12.4. The lowest BCUT2D eigenvalue weighted by molar-refractivity contribution is -0.122. The second kappa shape index (κ2) is 13.7. The number of nitrogens with zero attached hydrogens (tertiary/aromatic N) is 1. The van der Waals surface area contributed by atoms with Crippen molar-refractivity contribution in [1.29, 1.82) is 0 Å². The molecule has 1 aromatic carbocycles. The van der Waals surface area contributed by atoms with Crippen molar-refractivity contribution in [3.63, 3.8) is 0 Å². The van der Waals surface area contributed by atoms with Crippen LogP contribution in [0.2, 0.25) is 0 Å². The zero-order valence-corrected chi connectivity index (χ0v) is 20.5. The number of fused-ring (bicyclic) bond motifs is 1. The van der Waals surface area contributed by atoms with Crippen LogP contribution >= 0.6 is 0 Å². The zero-order chi connectivity index (χ0) is 25.1. The summed E-state index contributed by atoms with van der Waals surface area (Å²) in [5.74, 6) is -0.820. The number of carbonyl (C=O) groups is 2. The van der Waals surface area contributed by atoms with E-state index in [-0.39, 0.29) is 35.4 Å². The molecule has 8 heteroatoms. The molecule has 7 nitrogen and oxygen atoms in total. The largest absolute Gasteiger partial charge is 0.483 e. The Bertz CT molecular complexity index is 1010. The Morgan fingerprint density at radius 3 is 2.44 bits per heavy atom. The normalized spacial score (nSPS) is 13.9.